The van der Waals surface area contributed by atoms with E-state index in [9.17, 15) is 0 Å². The van der Waals surface area contributed by atoms with Crippen LogP contribution in [-0.4, -0.2) is 47.9 Å². The second kappa shape index (κ2) is 9.17. The topological polar surface area (TPSA) is 0 Å². The molecule has 0 spiro atoms. The maximum absolute atomic E-state index is 2.32. The van der Waals surface area contributed by atoms with Gasteiger partial charge in [0.1, 0.15) is 0 Å². The fourth-order valence-electron chi connectivity index (χ4n) is 1.76. The summed E-state index contributed by atoms with van der Waals surface area (Å²) in [4.78, 5) is 0. The third-order valence-corrected chi connectivity index (χ3v) is 43.9. The van der Waals surface area contributed by atoms with E-state index < -0.39 is 9.00 Å². The number of benzene rings is 3. The van der Waals surface area contributed by atoms with Gasteiger partial charge in [-0.1, -0.05) is 0 Å². The van der Waals surface area contributed by atoms with Crippen LogP contribution in [0, 0.1) is 0 Å². The Bertz CT molecular complexity index is 576. The molecule has 0 aromatic heterocycles. The third-order valence-electron chi connectivity index (χ3n) is 2.77. The average Bonchev–Trinajstić information content (AvgIpc) is 2.57. The second-order valence-corrected chi connectivity index (χ2v) is 45.7. The molecule has 22 heavy (non-hydrogen) atoms. The summed E-state index contributed by atoms with van der Waals surface area (Å²) in [7, 11) is -0.803. The fourth-order valence-corrected chi connectivity index (χ4v) is 51.2. The Hall–Kier alpha value is -0.223. The SMILES string of the molecule is c1ccc([Se][As]([Se]c2ccccc2)[Se]c2ccccc2)cc1. The molecule has 4 heteroatoms. The van der Waals surface area contributed by atoms with Crippen molar-refractivity contribution in [1.82, 2.24) is 0 Å². The Morgan fingerprint density at radius 1 is 0.409 bits per heavy atom. The zero-order chi connectivity index (χ0) is 15.0. The Morgan fingerprint density at radius 2 is 0.682 bits per heavy atom. The number of rotatable bonds is 6. The molecule has 0 aliphatic rings. The van der Waals surface area contributed by atoms with Crippen LogP contribution in [0.15, 0.2) is 91.0 Å². The standard InChI is InChI=1S/C18H15AsSe3/c1-4-10-16(11-5-1)20-19(21-17-12-6-2-7-13-17)22-18-14-8-3-9-15-18/h1-15H. The van der Waals surface area contributed by atoms with E-state index in [0.717, 1.165) is 0 Å². The predicted molar refractivity (Wildman–Crippen MR) is 101 cm³/mol. The summed E-state index contributed by atoms with van der Waals surface area (Å²) in [6, 6.07) is 33.5. The van der Waals surface area contributed by atoms with Crippen molar-refractivity contribution in [3.8, 4) is 0 Å². The Balaban J connectivity index is 1.75. The molecule has 3 aromatic carbocycles. The first-order chi connectivity index (χ1) is 10.9. The van der Waals surface area contributed by atoms with Crippen molar-refractivity contribution in [2.24, 2.45) is 0 Å². The molecule has 3 rings (SSSR count). The molecule has 0 amide bonds. The van der Waals surface area contributed by atoms with Crippen LogP contribution in [0.4, 0.5) is 0 Å². The van der Waals surface area contributed by atoms with Crippen LogP contribution in [0.3, 0.4) is 0 Å². The van der Waals surface area contributed by atoms with Gasteiger partial charge in [0.05, 0.1) is 0 Å². The van der Waals surface area contributed by atoms with Gasteiger partial charge in [0.15, 0.2) is 0 Å². The van der Waals surface area contributed by atoms with Gasteiger partial charge in [-0.05, 0) is 0 Å². The van der Waals surface area contributed by atoms with Crippen LogP contribution in [0.2, 0.25) is 0 Å². The molecule has 0 aliphatic heterocycles. The Labute approximate surface area is 151 Å². The summed E-state index contributed by atoms with van der Waals surface area (Å²) in [5.41, 5.74) is 0. The zero-order valence-corrected chi connectivity index (χ0v) is 18.8. The molecule has 0 saturated heterocycles. The molecular weight excluding hydrogens is 528 g/mol. The minimum absolute atomic E-state index is 0.694. The summed E-state index contributed by atoms with van der Waals surface area (Å²) in [6.45, 7) is 0. The van der Waals surface area contributed by atoms with Crippen LogP contribution in [0.5, 0.6) is 0 Å². The van der Waals surface area contributed by atoms with Gasteiger partial charge in [-0.25, -0.2) is 0 Å². The monoisotopic (exact) mass is 546 g/mol. The summed E-state index contributed by atoms with van der Waals surface area (Å²) >= 11 is 2.08. The first-order valence-electron chi connectivity index (χ1n) is 6.89. The predicted octanol–water partition coefficient (Wildman–Crippen LogP) is 1.06. The van der Waals surface area contributed by atoms with Crippen molar-refractivity contribution in [1.29, 1.82) is 0 Å². The molecule has 110 valence electrons. The molecule has 0 nitrogen and oxygen atoms in total. The first kappa shape index (κ1) is 16.6. The molecule has 0 N–H and O–H groups in total. The van der Waals surface area contributed by atoms with Crippen molar-refractivity contribution < 1.29 is 0 Å². The zero-order valence-electron chi connectivity index (χ0n) is 11.8. The molecule has 0 aliphatic carbocycles. The fraction of sp³-hybridized carbons (Fsp3) is 0. The first-order valence-corrected chi connectivity index (χ1v) is 23.7. The van der Waals surface area contributed by atoms with E-state index in [0.29, 0.717) is 38.9 Å². The molecule has 0 atom stereocenters. The van der Waals surface area contributed by atoms with E-state index in [4.69, 9.17) is 0 Å². The van der Waals surface area contributed by atoms with Gasteiger partial charge in [-0.2, -0.15) is 0 Å². The number of hydrogen-bond acceptors (Lipinski definition) is 0. The van der Waals surface area contributed by atoms with Crippen molar-refractivity contribution in [3.05, 3.63) is 91.0 Å². The average molecular weight is 543 g/mol. The van der Waals surface area contributed by atoms with Crippen molar-refractivity contribution in [2.75, 3.05) is 0 Å². The molecule has 0 fully saturated rings. The van der Waals surface area contributed by atoms with Crippen molar-refractivity contribution in [3.63, 3.8) is 0 Å². The molecule has 0 heterocycles. The van der Waals surface area contributed by atoms with E-state index in [1.165, 1.54) is 0 Å². The van der Waals surface area contributed by atoms with Gasteiger partial charge in [0.25, 0.3) is 0 Å². The van der Waals surface area contributed by atoms with Gasteiger partial charge in [-0.3, -0.25) is 0 Å². The van der Waals surface area contributed by atoms with Gasteiger partial charge < -0.3 is 0 Å². The van der Waals surface area contributed by atoms with E-state index in [-0.39, 0.29) is 0 Å². The Kier molecular flexibility index (Phi) is 6.93. The maximum atomic E-state index is 2.32. The van der Waals surface area contributed by atoms with E-state index in [2.05, 4.69) is 91.0 Å². The third kappa shape index (κ3) is 5.45. The molecule has 0 radical (unpaired) electrons. The normalized spacial score (nSPS) is 10.8. The van der Waals surface area contributed by atoms with E-state index >= 15 is 0 Å². The Morgan fingerprint density at radius 3 is 0.955 bits per heavy atom. The second-order valence-electron chi connectivity index (χ2n) is 4.44. The molecule has 0 bridgehead atoms. The summed E-state index contributed by atoms with van der Waals surface area (Å²) < 4.78 is 4.77. The van der Waals surface area contributed by atoms with Gasteiger partial charge in [0.2, 0.25) is 0 Å². The molecule has 3 aromatic rings. The summed E-state index contributed by atoms with van der Waals surface area (Å²) in [5.74, 6) is 0. The molecular formula is C18H15AsSe3. The van der Waals surface area contributed by atoms with E-state index in [1.807, 2.05) is 0 Å². The van der Waals surface area contributed by atoms with Crippen LogP contribution in [0.1, 0.15) is 0 Å². The van der Waals surface area contributed by atoms with Gasteiger partial charge in [0, 0.05) is 0 Å². The van der Waals surface area contributed by atoms with Gasteiger partial charge >= 0.3 is 152 Å². The molecule has 0 saturated carbocycles. The van der Waals surface area contributed by atoms with Crippen molar-refractivity contribution in [2.45, 2.75) is 0 Å². The van der Waals surface area contributed by atoms with Crippen molar-refractivity contribution >= 4 is 61.2 Å². The van der Waals surface area contributed by atoms with Crippen LogP contribution < -0.4 is 13.4 Å². The van der Waals surface area contributed by atoms with Crippen LogP contribution >= 0.6 is 0 Å². The van der Waals surface area contributed by atoms with E-state index in [1.54, 1.807) is 13.4 Å². The minimum atomic E-state index is -0.803. The van der Waals surface area contributed by atoms with Gasteiger partial charge in [-0.15, -0.1) is 0 Å². The molecule has 0 unspecified atom stereocenters. The summed E-state index contributed by atoms with van der Waals surface area (Å²) in [6.07, 6.45) is 0. The van der Waals surface area contributed by atoms with Crippen LogP contribution in [-0.2, 0) is 0 Å². The quantitative estimate of drug-likeness (QED) is 0.409. The number of hydrogen-bond donors (Lipinski definition) is 0. The van der Waals surface area contributed by atoms with Crippen LogP contribution in [0.25, 0.3) is 0 Å². The summed E-state index contributed by atoms with van der Waals surface area (Å²) in [5, 5.41) is 0.